The van der Waals surface area contributed by atoms with Crippen LogP contribution in [-0.2, 0) is 4.79 Å². The molecule has 4 nitrogen and oxygen atoms in total. The van der Waals surface area contributed by atoms with Crippen molar-refractivity contribution in [1.82, 2.24) is 10.2 Å². The van der Waals surface area contributed by atoms with E-state index in [0.29, 0.717) is 24.4 Å². The minimum Gasteiger partial charge on any atom is -0.387 e. The van der Waals surface area contributed by atoms with E-state index in [1.165, 1.54) is 12.1 Å². The van der Waals surface area contributed by atoms with Crippen molar-refractivity contribution in [1.29, 1.82) is 0 Å². The summed E-state index contributed by atoms with van der Waals surface area (Å²) >= 11 is 0. The van der Waals surface area contributed by atoms with E-state index in [0.717, 1.165) is 19.4 Å². The molecule has 0 aromatic heterocycles. The maximum absolute atomic E-state index is 13.2. The number of aliphatic hydroxyl groups is 1. The average molecular weight is 322 g/mol. The third kappa shape index (κ3) is 5.29. The van der Waals surface area contributed by atoms with Crippen LogP contribution in [-0.4, -0.2) is 41.6 Å². The Balaban J connectivity index is 1.85. The van der Waals surface area contributed by atoms with Crippen LogP contribution in [0.2, 0.25) is 0 Å². The third-order valence-corrected chi connectivity index (χ3v) is 4.53. The molecule has 0 radical (unpaired) electrons. The Morgan fingerprint density at radius 2 is 2.22 bits per heavy atom. The quantitative estimate of drug-likeness (QED) is 0.846. The number of carbonyl (C=O) groups is 1. The zero-order chi connectivity index (χ0) is 17.0. The van der Waals surface area contributed by atoms with Gasteiger partial charge in [0.2, 0.25) is 5.91 Å². The topological polar surface area (TPSA) is 52.6 Å². The van der Waals surface area contributed by atoms with Crippen LogP contribution in [0.4, 0.5) is 4.39 Å². The van der Waals surface area contributed by atoms with Crippen LogP contribution in [0.1, 0.15) is 44.8 Å². The molecule has 1 amide bonds. The molecule has 23 heavy (non-hydrogen) atoms. The highest BCUT2D eigenvalue weighted by atomic mass is 19.1. The number of nitrogens with one attached hydrogen (secondary N) is 1. The summed E-state index contributed by atoms with van der Waals surface area (Å²) in [5.41, 5.74) is 0.427. The minimum absolute atomic E-state index is 0.153. The molecule has 2 N–H and O–H groups in total. The zero-order valence-corrected chi connectivity index (χ0v) is 14.2. The highest BCUT2D eigenvalue weighted by Crippen LogP contribution is 2.26. The lowest BCUT2D eigenvalue weighted by atomic mass is 9.85. The Morgan fingerprint density at radius 3 is 2.87 bits per heavy atom. The maximum Gasteiger partial charge on any atom is 0.222 e. The van der Waals surface area contributed by atoms with E-state index < -0.39 is 6.10 Å². The highest BCUT2D eigenvalue weighted by Gasteiger charge is 2.29. The van der Waals surface area contributed by atoms with Crippen molar-refractivity contribution in [3.05, 3.63) is 35.6 Å². The molecule has 0 saturated carbocycles. The number of aliphatic hydroxyl groups excluding tert-OH is 1. The lowest BCUT2D eigenvalue weighted by Gasteiger charge is -2.36. The van der Waals surface area contributed by atoms with Crippen LogP contribution in [0.3, 0.4) is 0 Å². The van der Waals surface area contributed by atoms with E-state index >= 15 is 0 Å². The van der Waals surface area contributed by atoms with Gasteiger partial charge < -0.3 is 15.3 Å². The molecule has 2 rings (SSSR count). The molecule has 1 saturated heterocycles. The van der Waals surface area contributed by atoms with E-state index in [4.69, 9.17) is 0 Å². The Hall–Kier alpha value is -1.46. The largest absolute Gasteiger partial charge is 0.387 e. The number of likely N-dealkylation sites (tertiary alicyclic amines) is 1. The monoisotopic (exact) mass is 322 g/mol. The zero-order valence-electron chi connectivity index (χ0n) is 14.2. The number of piperidine rings is 1. The number of rotatable bonds is 6. The van der Waals surface area contributed by atoms with Crippen molar-refractivity contribution in [2.75, 3.05) is 20.1 Å². The Labute approximate surface area is 137 Å². The predicted octanol–water partition coefficient (Wildman–Crippen LogP) is 2.49. The molecule has 1 heterocycles. The maximum atomic E-state index is 13.2. The fourth-order valence-electron chi connectivity index (χ4n) is 3.26. The predicted molar refractivity (Wildman–Crippen MR) is 88.4 cm³/mol. The van der Waals surface area contributed by atoms with E-state index in [-0.39, 0.29) is 17.3 Å². The summed E-state index contributed by atoms with van der Waals surface area (Å²) in [5, 5.41) is 13.6. The van der Waals surface area contributed by atoms with Crippen LogP contribution in [0.25, 0.3) is 0 Å². The first-order chi connectivity index (χ1) is 10.8. The van der Waals surface area contributed by atoms with E-state index in [9.17, 15) is 14.3 Å². The van der Waals surface area contributed by atoms with Crippen LogP contribution < -0.4 is 5.32 Å². The molecule has 5 heteroatoms. The minimum atomic E-state index is -0.736. The van der Waals surface area contributed by atoms with Crippen LogP contribution >= 0.6 is 0 Å². The smallest absolute Gasteiger partial charge is 0.222 e. The molecular weight excluding hydrogens is 295 g/mol. The highest BCUT2D eigenvalue weighted by molar-refractivity contribution is 5.76. The summed E-state index contributed by atoms with van der Waals surface area (Å²) in [6.07, 6.45) is 1.73. The van der Waals surface area contributed by atoms with Gasteiger partial charge in [0.25, 0.3) is 0 Å². The van der Waals surface area contributed by atoms with Gasteiger partial charge in [-0.2, -0.15) is 0 Å². The molecule has 1 fully saturated rings. The first-order valence-electron chi connectivity index (χ1n) is 8.19. The summed E-state index contributed by atoms with van der Waals surface area (Å²) < 4.78 is 13.2. The average Bonchev–Trinajstić information content (AvgIpc) is 2.48. The van der Waals surface area contributed by atoms with Gasteiger partial charge in [0.1, 0.15) is 5.82 Å². The number of benzene rings is 1. The van der Waals surface area contributed by atoms with Gasteiger partial charge >= 0.3 is 0 Å². The SMILES string of the molecule is CN1C[C@@H](CC(C)(C)NC[C@H](O)c2cccc(F)c2)CCC1=O. The summed E-state index contributed by atoms with van der Waals surface area (Å²) in [7, 11) is 1.85. The van der Waals surface area contributed by atoms with Crippen LogP contribution in [0.15, 0.2) is 24.3 Å². The number of β-amino-alcohol motifs (C(OH)–C–C–N with tert-alkyl or cyclic N) is 1. The van der Waals surface area contributed by atoms with Crippen molar-refractivity contribution in [3.8, 4) is 0 Å². The lowest BCUT2D eigenvalue weighted by Crippen LogP contribution is -2.46. The van der Waals surface area contributed by atoms with Gasteiger partial charge in [-0.25, -0.2) is 4.39 Å². The molecule has 2 atom stereocenters. The molecule has 1 aromatic carbocycles. The summed E-state index contributed by atoms with van der Waals surface area (Å²) in [4.78, 5) is 13.3. The number of amides is 1. The van der Waals surface area contributed by atoms with Crippen LogP contribution in [0.5, 0.6) is 0 Å². The lowest BCUT2D eigenvalue weighted by molar-refractivity contribution is -0.133. The molecule has 0 unspecified atom stereocenters. The molecule has 0 bridgehead atoms. The number of hydrogen-bond donors (Lipinski definition) is 2. The molecular formula is C18H27FN2O2. The fourth-order valence-corrected chi connectivity index (χ4v) is 3.26. The number of carbonyl (C=O) groups excluding carboxylic acids is 1. The Bertz CT molecular complexity index is 548. The van der Waals surface area contributed by atoms with Crippen molar-refractivity contribution in [2.45, 2.75) is 44.8 Å². The first-order valence-corrected chi connectivity index (χ1v) is 8.19. The van der Waals surface area contributed by atoms with Gasteiger partial charge in [-0.15, -0.1) is 0 Å². The third-order valence-electron chi connectivity index (χ3n) is 4.53. The second-order valence-electron chi connectivity index (χ2n) is 7.22. The second-order valence-corrected chi connectivity index (χ2v) is 7.22. The summed E-state index contributed by atoms with van der Waals surface area (Å²) in [6, 6.07) is 6.06. The second kappa shape index (κ2) is 7.41. The van der Waals surface area contributed by atoms with Gasteiger partial charge in [-0.3, -0.25) is 4.79 Å². The number of nitrogens with zero attached hydrogens (tertiary/aromatic N) is 1. The van der Waals surface area contributed by atoms with E-state index in [2.05, 4.69) is 19.2 Å². The Kier molecular flexibility index (Phi) is 5.76. The first kappa shape index (κ1) is 17.9. The van der Waals surface area contributed by atoms with Gasteiger partial charge in [0, 0.05) is 32.1 Å². The van der Waals surface area contributed by atoms with Gasteiger partial charge in [-0.1, -0.05) is 12.1 Å². The van der Waals surface area contributed by atoms with E-state index in [1.807, 2.05) is 7.05 Å². The molecule has 1 aromatic rings. The van der Waals surface area contributed by atoms with Gasteiger partial charge in [0.05, 0.1) is 6.10 Å². The molecule has 0 spiro atoms. The van der Waals surface area contributed by atoms with Gasteiger partial charge in [-0.05, 0) is 50.3 Å². The van der Waals surface area contributed by atoms with Crippen molar-refractivity contribution < 1.29 is 14.3 Å². The summed E-state index contributed by atoms with van der Waals surface area (Å²) in [5.74, 6) is 0.343. The normalized spacial score (nSPS) is 20.7. The van der Waals surface area contributed by atoms with E-state index in [1.54, 1.807) is 17.0 Å². The molecule has 128 valence electrons. The van der Waals surface area contributed by atoms with Crippen molar-refractivity contribution in [2.24, 2.45) is 5.92 Å². The number of hydrogen-bond acceptors (Lipinski definition) is 3. The molecule has 0 aliphatic carbocycles. The molecule has 1 aliphatic heterocycles. The van der Waals surface area contributed by atoms with Crippen molar-refractivity contribution in [3.63, 3.8) is 0 Å². The fraction of sp³-hybridized carbons (Fsp3) is 0.611. The van der Waals surface area contributed by atoms with Gasteiger partial charge in [0.15, 0.2) is 0 Å². The summed E-state index contributed by atoms with van der Waals surface area (Å²) in [6.45, 7) is 5.36. The van der Waals surface area contributed by atoms with Crippen molar-refractivity contribution >= 4 is 5.91 Å². The standard InChI is InChI=1S/C18H27FN2O2/c1-18(2,10-13-7-8-17(23)21(3)12-13)20-11-16(22)14-5-4-6-15(19)9-14/h4-6,9,13,16,20,22H,7-8,10-12H2,1-3H3/t13-,16+/m1/s1. The Morgan fingerprint density at radius 1 is 1.48 bits per heavy atom. The van der Waals surface area contributed by atoms with Crippen LogP contribution in [0, 0.1) is 11.7 Å². The molecule has 1 aliphatic rings. The number of halogens is 1.